The van der Waals surface area contributed by atoms with Crippen molar-refractivity contribution < 1.29 is 9.53 Å². The lowest BCUT2D eigenvalue weighted by Gasteiger charge is -2.20. The van der Waals surface area contributed by atoms with Crippen molar-refractivity contribution in [2.45, 2.75) is 25.4 Å². The molecule has 33 heavy (non-hydrogen) atoms. The first-order valence-corrected chi connectivity index (χ1v) is 10.9. The van der Waals surface area contributed by atoms with Crippen molar-refractivity contribution in [3.8, 4) is 5.75 Å². The molecule has 2 aromatic carbocycles. The summed E-state index contributed by atoms with van der Waals surface area (Å²) in [6.07, 6.45) is 2.15. The highest BCUT2D eigenvalue weighted by Crippen LogP contribution is 2.41. The summed E-state index contributed by atoms with van der Waals surface area (Å²) in [5, 5.41) is 3.31. The van der Waals surface area contributed by atoms with Gasteiger partial charge in [-0.1, -0.05) is 42.5 Å². The fourth-order valence-electron chi connectivity index (χ4n) is 4.05. The third-order valence-corrected chi connectivity index (χ3v) is 6.10. The number of methoxy groups -OCH3 is 1. The van der Waals surface area contributed by atoms with Crippen LogP contribution in [-0.2, 0) is 13.6 Å². The molecule has 1 fully saturated rings. The quantitative estimate of drug-likeness (QED) is 0.486. The van der Waals surface area contributed by atoms with E-state index < -0.39 is 17.0 Å². The van der Waals surface area contributed by atoms with Gasteiger partial charge in [-0.2, -0.15) is 0 Å². The lowest BCUT2D eigenvalue weighted by atomic mass is 10.0. The van der Waals surface area contributed by atoms with Gasteiger partial charge in [0.15, 0.2) is 5.78 Å². The molecule has 8 heteroatoms. The predicted molar refractivity (Wildman–Crippen MR) is 127 cm³/mol. The van der Waals surface area contributed by atoms with Crippen molar-refractivity contribution in [1.82, 2.24) is 14.5 Å². The van der Waals surface area contributed by atoms with Gasteiger partial charge in [0.25, 0.3) is 5.56 Å². The van der Waals surface area contributed by atoms with E-state index in [0.717, 1.165) is 34.3 Å². The predicted octanol–water partition coefficient (Wildman–Crippen LogP) is 2.11. The maximum Gasteiger partial charge on any atom is 0.332 e. The Balaban J connectivity index is 1.59. The molecule has 1 saturated carbocycles. The number of ether oxygens (including phenoxy) is 1. The highest BCUT2D eigenvalue weighted by Gasteiger charge is 2.33. The summed E-state index contributed by atoms with van der Waals surface area (Å²) in [7, 11) is 2.98. The maximum atomic E-state index is 13.1. The molecule has 172 valence electrons. The number of Topliss-reactive ketones (excluding diaryl/α,β-unsaturated/α-hetero) is 1. The molecule has 1 atom stereocenters. The number of carbonyl (C=O) groups excluding carboxylic acids is 1. The summed E-state index contributed by atoms with van der Waals surface area (Å²) >= 11 is 0. The summed E-state index contributed by atoms with van der Waals surface area (Å²) in [6, 6.07) is 17.0. The fraction of sp³-hybridized carbons (Fsp3) is 0.320. The molecule has 1 aromatic heterocycles. The molecule has 1 unspecified atom stereocenters. The van der Waals surface area contributed by atoms with Crippen LogP contribution in [0.2, 0.25) is 0 Å². The number of nitrogens with one attached hydrogen (secondary N) is 1. The molecule has 3 N–H and O–H groups in total. The number of hydrogen-bond acceptors (Lipinski definition) is 6. The zero-order chi connectivity index (χ0) is 23.5. The van der Waals surface area contributed by atoms with E-state index in [1.54, 1.807) is 7.11 Å². The number of ketones is 1. The van der Waals surface area contributed by atoms with Crippen LogP contribution in [0.1, 0.15) is 40.4 Å². The fourth-order valence-corrected chi connectivity index (χ4v) is 4.05. The molecule has 0 bridgehead atoms. The van der Waals surface area contributed by atoms with Crippen molar-refractivity contribution in [2.75, 3.05) is 19.4 Å². The number of benzene rings is 2. The highest BCUT2D eigenvalue weighted by molar-refractivity contribution is 6.01. The zero-order valence-corrected chi connectivity index (χ0v) is 18.8. The second-order valence-electron chi connectivity index (χ2n) is 8.37. The minimum absolute atomic E-state index is 0.0137. The van der Waals surface area contributed by atoms with Crippen LogP contribution < -0.4 is 27.0 Å². The summed E-state index contributed by atoms with van der Waals surface area (Å²) in [6.45, 7) is 0.111. The van der Waals surface area contributed by atoms with E-state index in [1.165, 1.54) is 11.6 Å². The molecule has 8 nitrogen and oxygen atoms in total. The normalized spacial score (nSPS) is 14.1. The molecular formula is C25H28N4O4. The average Bonchev–Trinajstić information content (AvgIpc) is 3.67. The van der Waals surface area contributed by atoms with Crippen molar-refractivity contribution in [1.29, 1.82) is 0 Å². The van der Waals surface area contributed by atoms with Gasteiger partial charge in [-0.15, -0.1) is 0 Å². The van der Waals surface area contributed by atoms with Gasteiger partial charge < -0.3 is 15.8 Å². The maximum absolute atomic E-state index is 13.1. The molecule has 0 spiro atoms. The highest BCUT2D eigenvalue weighted by atomic mass is 16.5. The molecule has 1 aliphatic carbocycles. The van der Waals surface area contributed by atoms with E-state index in [1.807, 2.05) is 54.6 Å². The second kappa shape index (κ2) is 9.46. The van der Waals surface area contributed by atoms with E-state index in [4.69, 9.17) is 10.5 Å². The monoisotopic (exact) mass is 448 g/mol. The van der Waals surface area contributed by atoms with E-state index in [9.17, 15) is 14.4 Å². The minimum Gasteiger partial charge on any atom is -0.497 e. The van der Waals surface area contributed by atoms with Gasteiger partial charge >= 0.3 is 5.69 Å². The third kappa shape index (κ3) is 4.75. The Morgan fingerprint density at radius 1 is 1.12 bits per heavy atom. The number of hydrogen-bond donors (Lipinski definition) is 2. The number of rotatable bonds is 9. The Bertz CT molecular complexity index is 1260. The molecule has 0 aliphatic heterocycles. The van der Waals surface area contributed by atoms with E-state index in [-0.39, 0.29) is 30.5 Å². The number of nitrogen functional groups attached to an aromatic ring is 1. The van der Waals surface area contributed by atoms with Gasteiger partial charge in [0, 0.05) is 13.1 Å². The standard InChI is InChI=1S/C25H28N4O4/c1-28-24(31)21(23(26)29(25(28)32)15-16-6-4-3-5-7-16)20(30)14-27-22(17-8-9-17)18-10-12-19(33-2)13-11-18/h3-7,10-13,17,22,27H,8-9,14-15,26H2,1-2H3. The summed E-state index contributed by atoms with van der Waals surface area (Å²) in [4.78, 5) is 38.6. The van der Waals surface area contributed by atoms with Crippen molar-refractivity contribution in [2.24, 2.45) is 13.0 Å². The van der Waals surface area contributed by atoms with Crippen molar-refractivity contribution in [3.05, 3.63) is 92.1 Å². The number of nitrogens with two attached hydrogens (primary N) is 1. The molecule has 1 aliphatic rings. The van der Waals surface area contributed by atoms with Crippen LogP contribution in [0.5, 0.6) is 5.75 Å². The summed E-state index contributed by atoms with van der Waals surface area (Å²) < 4.78 is 7.44. The largest absolute Gasteiger partial charge is 0.497 e. The van der Waals surface area contributed by atoms with Gasteiger partial charge in [0.05, 0.1) is 20.2 Å². The summed E-state index contributed by atoms with van der Waals surface area (Å²) in [5.74, 6) is 0.653. The van der Waals surface area contributed by atoms with E-state index in [2.05, 4.69) is 5.32 Å². The van der Waals surface area contributed by atoms with Crippen molar-refractivity contribution >= 4 is 11.6 Å². The van der Waals surface area contributed by atoms with E-state index >= 15 is 0 Å². The van der Waals surface area contributed by atoms with Crippen LogP contribution >= 0.6 is 0 Å². The van der Waals surface area contributed by atoms with Gasteiger partial charge in [-0.05, 0) is 42.0 Å². The first-order valence-electron chi connectivity index (χ1n) is 10.9. The van der Waals surface area contributed by atoms with Gasteiger partial charge in [0.1, 0.15) is 17.1 Å². The van der Waals surface area contributed by atoms with Crippen LogP contribution in [0.25, 0.3) is 0 Å². The Labute approximate surface area is 191 Å². The topological polar surface area (TPSA) is 108 Å². The molecule has 0 amide bonds. The third-order valence-electron chi connectivity index (χ3n) is 6.10. The van der Waals surface area contributed by atoms with Crippen LogP contribution in [-0.4, -0.2) is 28.6 Å². The van der Waals surface area contributed by atoms with Crippen LogP contribution in [0.3, 0.4) is 0 Å². The van der Waals surface area contributed by atoms with Crippen LogP contribution in [0.4, 0.5) is 5.82 Å². The molecule has 1 heterocycles. The number of anilines is 1. The van der Waals surface area contributed by atoms with Crippen LogP contribution in [0, 0.1) is 5.92 Å². The number of carbonyl (C=O) groups is 1. The number of nitrogens with zero attached hydrogens (tertiary/aromatic N) is 2. The summed E-state index contributed by atoms with van der Waals surface area (Å²) in [5.41, 5.74) is 6.71. The molecule has 0 saturated heterocycles. The first kappa shape index (κ1) is 22.5. The van der Waals surface area contributed by atoms with Crippen LogP contribution in [0.15, 0.2) is 64.2 Å². The zero-order valence-electron chi connectivity index (χ0n) is 18.8. The number of aromatic nitrogens is 2. The van der Waals surface area contributed by atoms with Crippen molar-refractivity contribution in [3.63, 3.8) is 0 Å². The SMILES string of the molecule is COc1ccc(C(NCC(=O)c2c(N)n(Cc3ccccc3)c(=O)n(C)c2=O)C2CC2)cc1. The Morgan fingerprint density at radius 3 is 2.39 bits per heavy atom. The molecular weight excluding hydrogens is 420 g/mol. The van der Waals surface area contributed by atoms with Gasteiger partial charge in [0.2, 0.25) is 0 Å². The lowest BCUT2D eigenvalue weighted by molar-refractivity contribution is 0.0984. The van der Waals surface area contributed by atoms with Gasteiger partial charge in [-0.25, -0.2) is 4.79 Å². The Kier molecular flexibility index (Phi) is 6.46. The Hall–Kier alpha value is -3.65. The average molecular weight is 449 g/mol. The smallest absolute Gasteiger partial charge is 0.332 e. The molecule has 0 radical (unpaired) electrons. The van der Waals surface area contributed by atoms with E-state index in [0.29, 0.717) is 5.92 Å². The molecule has 4 rings (SSSR count). The minimum atomic E-state index is -0.680. The second-order valence-corrected chi connectivity index (χ2v) is 8.37. The Morgan fingerprint density at radius 2 is 1.79 bits per heavy atom. The lowest BCUT2D eigenvalue weighted by Crippen LogP contribution is -2.44. The van der Waals surface area contributed by atoms with Gasteiger partial charge in [-0.3, -0.25) is 18.7 Å². The molecule has 3 aromatic rings. The first-order chi connectivity index (χ1) is 15.9.